The van der Waals surface area contributed by atoms with Crippen LogP contribution in [0.25, 0.3) is 0 Å². The second kappa shape index (κ2) is 7.18. The summed E-state index contributed by atoms with van der Waals surface area (Å²) in [4.78, 5) is 36.6. The number of carbonyl (C=O) groups excluding carboxylic acids is 3. The van der Waals surface area contributed by atoms with Gasteiger partial charge >= 0.3 is 0 Å². The molecule has 5 heteroatoms. The molecule has 0 bridgehead atoms. The lowest BCUT2D eigenvalue weighted by atomic mass is 9.43. The van der Waals surface area contributed by atoms with E-state index in [0.717, 1.165) is 19.3 Å². The minimum absolute atomic E-state index is 0.0342. The van der Waals surface area contributed by atoms with Crippen LogP contribution in [-0.2, 0) is 14.4 Å². The quantitative estimate of drug-likeness (QED) is 0.778. The van der Waals surface area contributed by atoms with Crippen molar-refractivity contribution in [3.8, 4) is 0 Å². The monoisotopic (exact) mass is 403 g/mol. The summed E-state index contributed by atoms with van der Waals surface area (Å²) in [6.45, 7) is 6.43. The number of aliphatic carboxylic acids is 1. The average Bonchev–Trinajstić information content (AvgIpc) is 3.01. The molecule has 0 amide bonds. The Balaban J connectivity index is 1.62. The van der Waals surface area contributed by atoms with Crippen molar-refractivity contribution in [2.75, 3.05) is 0 Å². The van der Waals surface area contributed by atoms with Gasteiger partial charge in [-0.3, -0.25) is 9.59 Å². The number of aliphatic hydroxyl groups is 1. The van der Waals surface area contributed by atoms with Gasteiger partial charge < -0.3 is 15.0 Å². The summed E-state index contributed by atoms with van der Waals surface area (Å²) in [7, 11) is 0. The fraction of sp³-hybridized carbons (Fsp3) is 0.875. The summed E-state index contributed by atoms with van der Waals surface area (Å²) in [5.41, 5.74) is -0.505. The second-order valence-corrected chi connectivity index (χ2v) is 11.0. The molecule has 0 saturated heterocycles. The third-order valence-electron chi connectivity index (χ3n) is 9.92. The number of Topliss-reactive ketones (excluding diaryl/α,β-unsaturated/α-hetero) is 2. The number of rotatable bonds is 4. The third-order valence-corrected chi connectivity index (χ3v) is 9.92. The van der Waals surface area contributed by atoms with Gasteiger partial charge in [-0.2, -0.15) is 0 Å². The largest absolute Gasteiger partial charge is 0.550 e. The molecule has 4 aliphatic carbocycles. The van der Waals surface area contributed by atoms with Gasteiger partial charge in [0.15, 0.2) is 0 Å². The van der Waals surface area contributed by atoms with Crippen molar-refractivity contribution in [3.05, 3.63) is 0 Å². The molecule has 1 N–H and O–H groups in total. The molecule has 0 aromatic rings. The van der Waals surface area contributed by atoms with Crippen LogP contribution in [0.15, 0.2) is 0 Å². The highest BCUT2D eigenvalue weighted by molar-refractivity contribution is 5.87. The van der Waals surface area contributed by atoms with E-state index in [-0.39, 0.29) is 47.3 Å². The maximum Gasteiger partial charge on any atom is 0.139 e. The first kappa shape index (κ1) is 21.0. The molecule has 5 nitrogen and oxygen atoms in total. The lowest BCUT2D eigenvalue weighted by Gasteiger charge is -2.61. The first-order chi connectivity index (χ1) is 13.6. The van der Waals surface area contributed by atoms with Gasteiger partial charge in [-0.15, -0.1) is 0 Å². The van der Waals surface area contributed by atoms with Gasteiger partial charge in [-0.05, 0) is 79.4 Å². The number of carbonyl (C=O) groups is 3. The van der Waals surface area contributed by atoms with Crippen LogP contribution in [0, 0.1) is 46.3 Å². The molecule has 29 heavy (non-hydrogen) atoms. The van der Waals surface area contributed by atoms with Crippen molar-refractivity contribution >= 4 is 17.5 Å². The van der Waals surface area contributed by atoms with Crippen LogP contribution in [0.5, 0.6) is 0 Å². The fourth-order valence-electron chi connectivity index (χ4n) is 8.22. The number of hydrogen-bond acceptors (Lipinski definition) is 5. The Bertz CT molecular complexity index is 716. The molecule has 0 unspecified atom stereocenters. The summed E-state index contributed by atoms with van der Waals surface area (Å²) < 4.78 is 0. The second-order valence-electron chi connectivity index (χ2n) is 11.0. The SMILES string of the molecule is C[C@H](CCC(=O)[O-])[C@H]1CC[C@H]2[C@@H]3[C@@H](O)C[C@@H]4CC(=O)CC[C@]4(C)[C@H]3CC(=O)[C@]12C. The number of fused-ring (bicyclic) bond motifs is 5. The van der Waals surface area contributed by atoms with E-state index in [0.29, 0.717) is 43.7 Å². The Morgan fingerprint density at radius 3 is 2.62 bits per heavy atom. The van der Waals surface area contributed by atoms with Crippen molar-refractivity contribution in [1.29, 1.82) is 0 Å². The molecule has 0 spiro atoms. The number of ketones is 2. The molecular formula is C24H35O5-. The van der Waals surface area contributed by atoms with Crippen molar-refractivity contribution < 1.29 is 24.6 Å². The molecule has 4 saturated carbocycles. The minimum Gasteiger partial charge on any atom is -0.550 e. The molecule has 9 atom stereocenters. The van der Waals surface area contributed by atoms with Crippen molar-refractivity contribution in [3.63, 3.8) is 0 Å². The van der Waals surface area contributed by atoms with Gasteiger partial charge in [0.05, 0.1) is 6.10 Å². The molecule has 4 fully saturated rings. The zero-order chi connectivity index (χ0) is 21.1. The molecule has 0 radical (unpaired) electrons. The van der Waals surface area contributed by atoms with Crippen LogP contribution in [-0.4, -0.2) is 28.7 Å². The highest BCUT2D eigenvalue weighted by Crippen LogP contribution is 2.67. The number of carboxylic acid groups (broad SMARTS) is 1. The number of hydrogen-bond donors (Lipinski definition) is 1. The fourth-order valence-corrected chi connectivity index (χ4v) is 8.22. The topological polar surface area (TPSA) is 94.5 Å². The lowest BCUT2D eigenvalue weighted by Crippen LogP contribution is -2.61. The highest BCUT2D eigenvalue weighted by atomic mass is 16.4. The number of aliphatic hydroxyl groups excluding tert-OH is 1. The first-order valence-electron chi connectivity index (χ1n) is 11.5. The molecule has 4 aliphatic rings. The predicted molar refractivity (Wildman–Crippen MR) is 105 cm³/mol. The minimum atomic E-state index is -1.03. The van der Waals surface area contributed by atoms with Crippen LogP contribution >= 0.6 is 0 Å². The van der Waals surface area contributed by atoms with Crippen LogP contribution in [0.3, 0.4) is 0 Å². The van der Waals surface area contributed by atoms with E-state index >= 15 is 0 Å². The first-order valence-corrected chi connectivity index (χ1v) is 11.5. The van der Waals surface area contributed by atoms with E-state index in [1.54, 1.807) is 0 Å². The normalized spacial score (nSPS) is 47.9. The molecule has 162 valence electrons. The summed E-state index contributed by atoms with van der Waals surface area (Å²) >= 11 is 0. The molecule has 4 rings (SSSR count). The summed E-state index contributed by atoms with van der Waals surface area (Å²) in [5.74, 6) is 0.528. The Hall–Kier alpha value is -1.23. The van der Waals surface area contributed by atoms with E-state index < -0.39 is 17.5 Å². The molecular weight excluding hydrogens is 368 g/mol. The predicted octanol–water partition coefficient (Wildman–Crippen LogP) is 2.53. The Labute approximate surface area is 173 Å². The Morgan fingerprint density at radius 2 is 1.93 bits per heavy atom. The van der Waals surface area contributed by atoms with Crippen LogP contribution in [0.2, 0.25) is 0 Å². The summed E-state index contributed by atoms with van der Waals surface area (Å²) in [5, 5.41) is 22.1. The third kappa shape index (κ3) is 3.10. The van der Waals surface area contributed by atoms with Crippen LogP contribution in [0.1, 0.15) is 78.6 Å². The van der Waals surface area contributed by atoms with Gasteiger partial charge in [0, 0.05) is 30.6 Å². The zero-order valence-electron chi connectivity index (χ0n) is 18.0. The van der Waals surface area contributed by atoms with E-state index in [9.17, 15) is 24.6 Å². The molecule has 0 aromatic carbocycles. The molecule has 0 aromatic heterocycles. The highest BCUT2D eigenvalue weighted by Gasteiger charge is 2.65. The standard InChI is InChI=1S/C24H36O5/c1-13(4-7-21(28)29)16-5-6-17-22-18(12-20(27)24(16,17)3)23(2)9-8-15(25)10-14(23)11-19(22)26/h13-14,16-19,22,26H,4-12H2,1-3H3,(H,28,29)/p-1/t13-,14+,16-,17+,18+,19+,22+,23+,24-/m1/s1. The molecule has 0 aliphatic heterocycles. The van der Waals surface area contributed by atoms with E-state index in [1.807, 2.05) is 0 Å². The van der Waals surface area contributed by atoms with Crippen LogP contribution < -0.4 is 5.11 Å². The van der Waals surface area contributed by atoms with Gasteiger partial charge in [-0.25, -0.2) is 0 Å². The van der Waals surface area contributed by atoms with Gasteiger partial charge in [-0.1, -0.05) is 20.8 Å². The van der Waals surface area contributed by atoms with Crippen molar-refractivity contribution in [1.82, 2.24) is 0 Å². The Morgan fingerprint density at radius 1 is 1.21 bits per heavy atom. The van der Waals surface area contributed by atoms with Gasteiger partial charge in [0.2, 0.25) is 0 Å². The zero-order valence-corrected chi connectivity index (χ0v) is 18.0. The summed E-state index contributed by atoms with van der Waals surface area (Å²) in [6.07, 6.45) is 5.16. The van der Waals surface area contributed by atoms with Gasteiger partial charge in [0.1, 0.15) is 11.6 Å². The smallest absolute Gasteiger partial charge is 0.139 e. The Kier molecular flexibility index (Phi) is 5.20. The van der Waals surface area contributed by atoms with Gasteiger partial charge in [0.25, 0.3) is 0 Å². The van der Waals surface area contributed by atoms with Crippen molar-refractivity contribution in [2.45, 2.75) is 84.7 Å². The summed E-state index contributed by atoms with van der Waals surface area (Å²) in [6, 6.07) is 0. The maximum absolute atomic E-state index is 13.6. The van der Waals surface area contributed by atoms with Crippen LogP contribution in [0.4, 0.5) is 0 Å². The van der Waals surface area contributed by atoms with E-state index in [4.69, 9.17) is 0 Å². The lowest BCUT2D eigenvalue weighted by molar-refractivity contribution is -0.306. The maximum atomic E-state index is 13.6. The number of carboxylic acids is 1. The van der Waals surface area contributed by atoms with Crippen molar-refractivity contribution in [2.24, 2.45) is 46.3 Å². The van der Waals surface area contributed by atoms with E-state index in [2.05, 4.69) is 20.8 Å². The van der Waals surface area contributed by atoms with E-state index in [1.165, 1.54) is 0 Å². The molecule has 0 heterocycles. The average molecular weight is 404 g/mol.